The van der Waals surface area contributed by atoms with E-state index >= 15 is 0 Å². The Morgan fingerprint density at radius 2 is 2.09 bits per heavy atom. The zero-order chi connectivity index (χ0) is 8.69. The first-order valence-electron chi connectivity index (χ1n) is 4.00. The number of allylic oxidation sites excluding steroid dienone is 3. The van der Waals surface area contributed by atoms with Gasteiger partial charge in [-0.1, -0.05) is 37.6 Å². The van der Waals surface area contributed by atoms with Crippen molar-refractivity contribution >= 4 is 11.8 Å². The molecule has 64 valence electrons. The zero-order valence-electron chi connectivity index (χ0n) is 7.92. The third-order valence-corrected chi connectivity index (χ3v) is 1.77. The van der Waals surface area contributed by atoms with Gasteiger partial charge in [-0.3, -0.25) is 0 Å². The summed E-state index contributed by atoms with van der Waals surface area (Å²) in [5.74, 6) is 1.78. The van der Waals surface area contributed by atoms with Crippen molar-refractivity contribution in [3.8, 4) is 0 Å². The predicted molar refractivity (Wildman–Crippen MR) is 56.1 cm³/mol. The lowest BCUT2D eigenvalue weighted by Gasteiger charge is -1.96. The van der Waals surface area contributed by atoms with Crippen LogP contribution >= 0.6 is 11.8 Å². The average molecular weight is 170 g/mol. The molecular formula is C10H18S. The summed E-state index contributed by atoms with van der Waals surface area (Å²) in [6.45, 7) is 6.55. The van der Waals surface area contributed by atoms with Crippen LogP contribution < -0.4 is 0 Å². The lowest BCUT2D eigenvalue weighted by molar-refractivity contribution is 0.825. The maximum Gasteiger partial charge on any atom is 0.0113 e. The quantitative estimate of drug-likeness (QED) is 0.582. The molecule has 0 saturated heterocycles. The summed E-state index contributed by atoms with van der Waals surface area (Å²) in [6.07, 6.45) is 8.79. The van der Waals surface area contributed by atoms with Gasteiger partial charge in [-0.05, 0) is 19.1 Å². The van der Waals surface area contributed by atoms with Crippen LogP contribution in [-0.4, -0.2) is 12.0 Å². The minimum Gasteiger partial charge on any atom is -0.161 e. The lowest BCUT2D eigenvalue weighted by atomic mass is 10.1. The summed E-state index contributed by atoms with van der Waals surface area (Å²) in [5.41, 5.74) is 1.37. The Hall–Kier alpha value is -0.170. The molecule has 0 rings (SSSR count). The van der Waals surface area contributed by atoms with Gasteiger partial charge in [0.25, 0.3) is 0 Å². The Kier molecular flexibility index (Phi) is 6.43. The minimum absolute atomic E-state index is 0.661. The van der Waals surface area contributed by atoms with Crippen molar-refractivity contribution in [3.63, 3.8) is 0 Å². The van der Waals surface area contributed by atoms with Crippen LogP contribution in [0.5, 0.6) is 0 Å². The van der Waals surface area contributed by atoms with Crippen LogP contribution in [0.15, 0.2) is 23.8 Å². The van der Waals surface area contributed by atoms with Gasteiger partial charge in [0.2, 0.25) is 0 Å². The van der Waals surface area contributed by atoms with E-state index in [9.17, 15) is 0 Å². The number of hydrogen-bond acceptors (Lipinski definition) is 1. The van der Waals surface area contributed by atoms with Crippen LogP contribution in [0, 0.1) is 5.92 Å². The van der Waals surface area contributed by atoms with Crippen LogP contribution in [0.25, 0.3) is 0 Å². The highest BCUT2D eigenvalue weighted by Gasteiger charge is 1.86. The third-order valence-electron chi connectivity index (χ3n) is 1.24. The van der Waals surface area contributed by atoms with E-state index < -0.39 is 0 Å². The topological polar surface area (TPSA) is 0 Å². The lowest BCUT2D eigenvalue weighted by Crippen LogP contribution is -1.80. The van der Waals surface area contributed by atoms with Gasteiger partial charge in [0.05, 0.1) is 0 Å². The summed E-state index contributed by atoms with van der Waals surface area (Å²) in [5, 5.41) is 0. The molecule has 0 amide bonds. The van der Waals surface area contributed by atoms with E-state index in [0.717, 1.165) is 5.75 Å². The highest BCUT2D eigenvalue weighted by atomic mass is 32.2. The minimum atomic E-state index is 0.661. The highest BCUT2D eigenvalue weighted by Crippen LogP contribution is 2.03. The zero-order valence-corrected chi connectivity index (χ0v) is 8.74. The summed E-state index contributed by atoms with van der Waals surface area (Å²) in [4.78, 5) is 0. The molecule has 0 N–H and O–H groups in total. The normalized spacial score (nSPS) is 13.4. The molecule has 1 heteroatoms. The Balaban J connectivity index is 3.75. The Morgan fingerprint density at radius 3 is 2.55 bits per heavy atom. The molecule has 0 unspecified atom stereocenters. The Morgan fingerprint density at radius 1 is 1.45 bits per heavy atom. The van der Waals surface area contributed by atoms with Crippen LogP contribution in [0.2, 0.25) is 0 Å². The molecule has 0 atom stereocenters. The largest absolute Gasteiger partial charge is 0.161 e. The summed E-state index contributed by atoms with van der Waals surface area (Å²) in [6, 6.07) is 0. The van der Waals surface area contributed by atoms with Crippen LogP contribution in [-0.2, 0) is 0 Å². The predicted octanol–water partition coefficient (Wildman–Crippen LogP) is 3.51. The van der Waals surface area contributed by atoms with Crippen LogP contribution in [0.4, 0.5) is 0 Å². The molecule has 0 aromatic rings. The van der Waals surface area contributed by atoms with Gasteiger partial charge in [-0.25, -0.2) is 0 Å². The average Bonchev–Trinajstić information content (AvgIpc) is 1.86. The summed E-state index contributed by atoms with van der Waals surface area (Å²) < 4.78 is 0. The highest BCUT2D eigenvalue weighted by molar-refractivity contribution is 7.98. The number of rotatable bonds is 4. The molecule has 0 aromatic heterocycles. The van der Waals surface area contributed by atoms with E-state index in [2.05, 4.69) is 45.3 Å². The van der Waals surface area contributed by atoms with Gasteiger partial charge in [0.15, 0.2) is 0 Å². The van der Waals surface area contributed by atoms with Crippen molar-refractivity contribution in [2.75, 3.05) is 12.0 Å². The molecule has 0 aliphatic rings. The van der Waals surface area contributed by atoms with E-state index in [1.165, 1.54) is 5.57 Å². The maximum atomic E-state index is 2.27. The number of thioether (sulfide) groups is 1. The maximum absolute atomic E-state index is 2.27. The second kappa shape index (κ2) is 6.53. The van der Waals surface area contributed by atoms with E-state index in [4.69, 9.17) is 0 Å². The van der Waals surface area contributed by atoms with Crippen molar-refractivity contribution in [2.24, 2.45) is 5.92 Å². The molecule has 0 nitrogen and oxygen atoms in total. The fourth-order valence-electron chi connectivity index (χ4n) is 0.912. The summed E-state index contributed by atoms with van der Waals surface area (Å²) >= 11 is 1.85. The molecule has 0 bridgehead atoms. The molecule has 0 aromatic carbocycles. The SMILES string of the molecule is CSC/C=C\C(C)=C/C(C)C. The van der Waals surface area contributed by atoms with Gasteiger partial charge >= 0.3 is 0 Å². The van der Waals surface area contributed by atoms with E-state index in [1.807, 2.05) is 11.8 Å². The first-order valence-corrected chi connectivity index (χ1v) is 5.40. The van der Waals surface area contributed by atoms with Gasteiger partial charge < -0.3 is 0 Å². The van der Waals surface area contributed by atoms with Crippen molar-refractivity contribution in [3.05, 3.63) is 23.8 Å². The molecule has 0 saturated carbocycles. The molecule has 0 heterocycles. The number of hydrogen-bond donors (Lipinski definition) is 0. The standard InChI is InChI=1S/C10H18S/c1-9(2)8-10(3)6-5-7-11-4/h5-6,8-9H,7H2,1-4H3/b6-5-,10-8-. The van der Waals surface area contributed by atoms with Crippen molar-refractivity contribution < 1.29 is 0 Å². The van der Waals surface area contributed by atoms with Gasteiger partial charge in [0, 0.05) is 5.75 Å². The molecule has 0 fully saturated rings. The molecule has 0 radical (unpaired) electrons. The molecule has 0 aliphatic carbocycles. The van der Waals surface area contributed by atoms with Gasteiger partial charge in [0.1, 0.15) is 0 Å². The second-order valence-corrected chi connectivity index (χ2v) is 3.92. The molecular weight excluding hydrogens is 152 g/mol. The second-order valence-electron chi connectivity index (χ2n) is 3.01. The van der Waals surface area contributed by atoms with Gasteiger partial charge in [-0.2, -0.15) is 11.8 Å². The van der Waals surface area contributed by atoms with Gasteiger partial charge in [-0.15, -0.1) is 0 Å². The Labute approximate surface area is 74.8 Å². The smallest absolute Gasteiger partial charge is 0.0113 e. The molecule has 0 aliphatic heterocycles. The van der Waals surface area contributed by atoms with Crippen molar-refractivity contribution in [2.45, 2.75) is 20.8 Å². The van der Waals surface area contributed by atoms with Crippen LogP contribution in [0.3, 0.4) is 0 Å². The third kappa shape index (κ3) is 7.73. The monoisotopic (exact) mass is 170 g/mol. The van der Waals surface area contributed by atoms with Crippen molar-refractivity contribution in [1.82, 2.24) is 0 Å². The first kappa shape index (κ1) is 10.8. The Bertz CT molecular complexity index is 143. The summed E-state index contributed by atoms with van der Waals surface area (Å²) in [7, 11) is 0. The molecule has 0 spiro atoms. The van der Waals surface area contributed by atoms with E-state index in [0.29, 0.717) is 5.92 Å². The van der Waals surface area contributed by atoms with E-state index in [1.54, 1.807) is 0 Å². The first-order chi connectivity index (χ1) is 5.16. The fraction of sp³-hybridized carbons (Fsp3) is 0.600. The van der Waals surface area contributed by atoms with Crippen LogP contribution in [0.1, 0.15) is 20.8 Å². The van der Waals surface area contributed by atoms with Crippen molar-refractivity contribution in [1.29, 1.82) is 0 Å². The molecule has 11 heavy (non-hydrogen) atoms. The van der Waals surface area contributed by atoms with E-state index in [-0.39, 0.29) is 0 Å². The fourth-order valence-corrected chi connectivity index (χ4v) is 1.20.